The van der Waals surface area contributed by atoms with E-state index < -0.39 is 11.9 Å². The molecule has 3 heteroatoms. The number of carbonyl (C=O) groups is 1. The fraction of sp³-hybridized carbons (Fsp3) is 0.462. The first-order valence-corrected chi connectivity index (χ1v) is 5.53. The Morgan fingerprint density at radius 3 is 2.62 bits per heavy atom. The zero-order chi connectivity index (χ0) is 12.0. The Balaban J connectivity index is 2.68. The molecule has 0 aliphatic carbocycles. The van der Waals surface area contributed by atoms with Crippen LogP contribution in [-0.4, -0.2) is 22.8 Å². The standard InChI is InChI=1S/C13H18O3/c1-10-5-2-3-6-11(10)9-12(13(15)16)7-4-8-14/h2-3,5-6,12,14H,4,7-9H2,1H3,(H,15,16). The third-order valence-electron chi connectivity index (χ3n) is 2.79. The molecule has 0 fully saturated rings. The van der Waals surface area contributed by atoms with Gasteiger partial charge in [0.1, 0.15) is 0 Å². The van der Waals surface area contributed by atoms with E-state index in [1.54, 1.807) is 0 Å². The van der Waals surface area contributed by atoms with Crippen LogP contribution in [0.2, 0.25) is 0 Å². The lowest BCUT2D eigenvalue weighted by Crippen LogP contribution is -2.17. The fourth-order valence-corrected chi connectivity index (χ4v) is 1.76. The van der Waals surface area contributed by atoms with Crippen molar-refractivity contribution in [1.82, 2.24) is 0 Å². The molecule has 0 aromatic heterocycles. The third-order valence-corrected chi connectivity index (χ3v) is 2.79. The second-order valence-electron chi connectivity index (χ2n) is 4.03. The zero-order valence-corrected chi connectivity index (χ0v) is 9.52. The van der Waals surface area contributed by atoms with Gasteiger partial charge in [0.05, 0.1) is 5.92 Å². The van der Waals surface area contributed by atoms with Crippen LogP contribution in [0, 0.1) is 12.8 Å². The van der Waals surface area contributed by atoms with Crippen LogP contribution >= 0.6 is 0 Å². The molecule has 2 N–H and O–H groups in total. The summed E-state index contributed by atoms with van der Waals surface area (Å²) < 4.78 is 0. The maximum Gasteiger partial charge on any atom is 0.306 e. The number of rotatable bonds is 6. The van der Waals surface area contributed by atoms with Gasteiger partial charge in [-0.1, -0.05) is 24.3 Å². The number of aliphatic hydroxyl groups is 1. The first-order valence-electron chi connectivity index (χ1n) is 5.53. The second-order valence-corrected chi connectivity index (χ2v) is 4.03. The zero-order valence-electron chi connectivity index (χ0n) is 9.52. The van der Waals surface area contributed by atoms with Crippen molar-refractivity contribution in [2.45, 2.75) is 26.2 Å². The average Bonchev–Trinajstić information content (AvgIpc) is 2.26. The van der Waals surface area contributed by atoms with Crippen LogP contribution in [0.1, 0.15) is 24.0 Å². The molecule has 0 aliphatic heterocycles. The van der Waals surface area contributed by atoms with E-state index in [0.717, 1.165) is 11.1 Å². The van der Waals surface area contributed by atoms with E-state index in [9.17, 15) is 4.79 Å². The molecule has 3 nitrogen and oxygen atoms in total. The summed E-state index contributed by atoms with van der Waals surface area (Å²) in [5, 5.41) is 17.8. The van der Waals surface area contributed by atoms with Crippen molar-refractivity contribution >= 4 is 5.97 Å². The molecule has 1 atom stereocenters. The lowest BCUT2D eigenvalue weighted by Gasteiger charge is -2.13. The Morgan fingerprint density at radius 2 is 2.06 bits per heavy atom. The van der Waals surface area contributed by atoms with Gasteiger partial charge in [-0.3, -0.25) is 4.79 Å². The number of carboxylic acids is 1. The van der Waals surface area contributed by atoms with Gasteiger partial charge in [-0.2, -0.15) is 0 Å². The molecule has 0 saturated heterocycles. The van der Waals surface area contributed by atoms with Crippen molar-refractivity contribution < 1.29 is 15.0 Å². The molecule has 0 spiro atoms. The molecule has 1 aromatic rings. The summed E-state index contributed by atoms with van der Waals surface area (Å²) in [5.41, 5.74) is 2.20. The van der Waals surface area contributed by atoms with Crippen molar-refractivity contribution in [2.24, 2.45) is 5.92 Å². The highest BCUT2D eigenvalue weighted by Crippen LogP contribution is 2.17. The largest absolute Gasteiger partial charge is 0.481 e. The number of carboxylic acid groups (broad SMARTS) is 1. The quantitative estimate of drug-likeness (QED) is 0.774. The number of aryl methyl sites for hydroxylation is 1. The maximum atomic E-state index is 11.0. The van der Waals surface area contributed by atoms with Gasteiger partial charge in [-0.25, -0.2) is 0 Å². The van der Waals surface area contributed by atoms with Crippen molar-refractivity contribution in [3.05, 3.63) is 35.4 Å². The van der Waals surface area contributed by atoms with E-state index in [-0.39, 0.29) is 6.61 Å². The first-order chi connectivity index (χ1) is 7.65. The SMILES string of the molecule is Cc1ccccc1CC(CCCO)C(=O)O. The van der Waals surface area contributed by atoms with Crippen LogP contribution in [0.25, 0.3) is 0 Å². The third kappa shape index (κ3) is 3.66. The van der Waals surface area contributed by atoms with E-state index >= 15 is 0 Å². The Bertz CT molecular complexity index is 347. The van der Waals surface area contributed by atoms with Gasteiger partial charge in [-0.15, -0.1) is 0 Å². The predicted octanol–water partition coefficient (Wildman–Crippen LogP) is 2.01. The van der Waals surface area contributed by atoms with Gasteiger partial charge >= 0.3 is 5.97 Å². The van der Waals surface area contributed by atoms with Gasteiger partial charge in [0.15, 0.2) is 0 Å². The predicted molar refractivity (Wildman–Crippen MR) is 62.3 cm³/mol. The minimum atomic E-state index is -0.781. The second kappa shape index (κ2) is 6.28. The Kier molecular flexibility index (Phi) is 4.99. The van der Waals surface area contributed by atoms with E-state index in [4.69, 9.17) is 10.2 Å². The Labute approximate surface area is 95.7 Å². The van der Waals surface area contributed by atoms with E-state index in [1.165, 1.54) is 0 Å². The fourth-order valence-electron chi connectivity index (χ4n) is 1.76. The minimum absolute atomic E-state index is 0.0531. The van der Waals surface area contributed by atoms with Gasteiger partial charge in [-0.05, 0) is 37.3 Å². The molecular weight excluding hydrogens is 204 g/mol. The van der Waals surface area contributed by atoms with Gasteiger partial charge in [0, 0.05) is 6.61 Å². The molecule has 0 radical (unpaired) electrons. The highest BCUT2D eigenvalue weighted by atomic mass is 16.4. The van der Waals surface area contributed by atoms with Crippen molar-refractivity contribution in [3.8, 4) is 0 Å². The number of hydrogen-bond acceptors (Lipinski definition) is 2. The summed E-state index contributed by atoms with van der Waals surface area (Å²) >= 11 is 0. The van der Waals surface area contributed by atoms with Crippen LogP contribution < -0.4 is 0 Å². The Hall–Kier alpha value is -1.35. The van der Waals surface area contributed by atoms with Gasteiger partial charge in [0.2, 0.25) is 0 Å². The number of aliphatic hydroxyl groups excluding tert-OH is 1. The van der Waals surface area contributed by atoms with Crippen LogP contribution in [0.3, 0.4) is 0 Å². The van der Waals surface area contributed by atoms with E-state index in [0.29, 0.717) is 19.3 Å². The lowest BCUT2D eigenvalue weighted by atomic mass is 9.93. The number of aliphatic carboxylic acids is 1. The number of hydrogen-bond donors (Lipinski definition) is 2. The first kappa shape index (κ1) is 12.7. The molecule has 0 aliphatic rings. The summed E-state index contributed by atoms with van der Waals surface area (Å²) in [6, 6.07) is 7.82. The normalized spacial score (nSPS) is 12.4. The van der Waals surface area contributed by atoms with E-state index in [1.807, 2.05) is 31.2 Å². The topological polar surface area (TPSA) is 57.5 Å². The molecule has 88 valence electrons. The van der Waals surface area contributed by atoms with Crippen LogP contribution in [-0.2, 0) is 11.2 Å². The molecule has 0 amide bonds. The minimum Gasteiger partial charge on any atom is -0.481 e. The highest BCUT2D eigenvalue weighted by Gasteiger charge is 2.17. The highest BCUT2D eigenvalue weighted by molar-refractivity contribution is 5.70. The molecule has 16 heavy (non-hydrogen) atoms. The molecular formula is C13H18O3. The molecule has 1 aromatic carbocycles. The molecule has 0 saturated carbocycles. The van der Waals surface area contributed by atoms with Crippen molar-refractivity contribution in [3.63, 3.8) is 0 Å². The van der Waals surface area contributed by atoms with E-state index in [2.05, 4.69) is 0 Å². The van der Waals surface area contributed by atoms with Crippen LogP contribution in [0.4, 0.5) is 0 Å². The van der Waals surface area contributed by atoms with Crippen molar-refractivity contribution in [1.29, 1.82) is 0 Å². The van der Waals surface area contributed by atoms with Crippen LogP contribution in [0.5, 0.6) is 0 Å². The van der Waals surface area contributed by atoms with Crippen molar-refractivity contribution in [2.75, 3.05) is 6.61 Å². The average molecular weight is 222 g/mol. The number of benzene rings is 1. The smallest absolute Gasteiger partial charge is 0.306 e. The lowest BCUT2D eigenvalue weighted by molar-refractivity contribution is -0.142. The molecule has 0 bridgehead atoms. The maximum absolute atomic E-state index is 11.0. The summed E-state index contributed by atoms with van der Waals surface area (Å²) in [6.07, 6.45) is 1.62. The summed E-state index contributed by atoms with van der Waals surface area (Å²) in [7, 11) is 0. The monoisotopic (exact) mass is 222 g/mol. The molecule has 1 rings (SSSR count). The van der Waals surface area contributed by atoms with Crippen LogP contribution in [0.15, 0.2) is 24.3 Å². The summed E-state index contributed by atoms with van der Waals surface area (Å²) in [5.74, 6) is -1.18. The van der Waals surface area contributed by atoms with Gasteiger partial charge in [0.25, 0.3) is 0 Å². The summed E-state index contributed by atoms with van der Waals surface area (Å²) in [6.45, 7) is 2.04. The molecule has 1 unspecified atom stereocenters. The molecule has 0 heterocycles. The Morgan fingerprint density at radius 1 is 1.38 bits per heavy atom. The summed E-state index contributed by atoms with van der Waals surface area (Å²) in [4.78, 5) is 11.0. The van der Waals surface area contributed by atoms with Gasteiger partial charge < -0.3 is 10.2 Å².